The van der Waals surface area contributed by atoms with E-state index in [4.69, 9.17) is 4.74 Å². The number of anilines is 2. The minimum atomic E-state index is -0.272. The van der Waals surface area contributed by atoms with Crippen LogP contribution in [0.3, 0.4) is 0 Å². The second-order valence-electron chi connectivity index (χ2n) is 7.98. The van der Waals surface area contributed by atoms with Gasteiger partial charge in [0, 0.05) is 31.5 Å². The average Bonchev–Trinajstić information content (AvgIpc) is 3.29. The van der Waals surface area contributed by atoms with E-state index in [1.807, 2.05) is 42.2 Å². The molecule has 0 saturated carbocycles. The molecular formula is C24H29N3O3. The van der Waals surface area contributed by atoms with Crippen molar-refractivity contribution < 1.29 is 14.3 Å². The van der Waals surface area contributed by atoms with E-state index >= 15 is 0 Å². The van der Waals surface area contributed by atoms with Crippen LogP contribution < -0.4 is 10.2 Å². The van der Waals surface area contributed by atoms with Gasteiger partial charge in [-0.3, -0.25) is 0 Å². The Hall–Kier alpha value is -3.02. The molecule has 2 aliphatic rings. The molecule has 2 amide bonds. The lowest BCUT2D eigenvalue weighted by Gasteiger charge is -2.36. The van der Waals surface area contributed by atoms with Gasteiger partial charge in [-0.25, -0.2) is 9.59 Å². The fraction of sp³-hybridized carbons (Fsp3) is 0.417. The van der Waals surface area contributed by atoms with Crippen molar-refractivity contribution in [3.05, 3.63) is 59.2 Å². The number of esters is 1. The molecule has 1 atom stereocenters. The average molecular weight is 408 g/mol. The molecule has 6 nitrogen and oxygen atoms in total. The Morgan fingerprint density at radius 3 is 2.70 bits per heavy atom. The number of ether oxygens (including phenoxy) is 1. The maximum atomic E-state index is 12.4. The molecule has 0 aromatic heterocycles. The van der Waals surface area contributed by atoms with E-state index in [1.54, 1.807) is 0 Å². The van der Waals surface area contributed by atoms with E-state index in [-0.39, 0.29) is 18.0 Å². The Kier molecular flexibility index (Phi) is 5.93. The number of hydrogen-bond donors (Lipinski definition) is 1. The number of amides is 2. The summed E-state index contributed by atoms with van der Waals surface area (Å²) >= 11 is 0. The fourth-order valence-electron chi connectivity index (χ4n) is 4.46. The van der Waals surface area contributed by atoms with Crippen LogP contribution in [0.4, 0.5) is 16.2 Å². The van der Waals surface area contributed by atoms with Gasteiger partial charge in [0.15, 0.2) is 0 Å². The predicted octanol–water partition coefficient (Wildman–Crippen LogP) is 4.61. The highest BCUT2D eigenvalue weighted by Crippen LogP contribution is 2.38. The number of fused-ring (bicyclic) bond motifs is 1. The molecule has 158 valence electrons. The number of aryl methyl sites for hydroxylation is 1. The molecule has 30 heavy (non-hydrogen) atoms. The lowest BCUT2D eigenvalue weighted by atomic mass is 9.90. The first-order chi connectivity index (χ1) is 14.6. The molecule has 2 aliphatic heterocycles. The standard InChI is InChI=1S/C24H29N3O3/c1-3-30-23(28)19-10-12-22-18(15-19)9-11-21(26(22)2)17-7-6-8-20(16-17)25-24(29)27-13-4-5-14-27/h6-8,10,12,15-16,21H,3-5,9,11,13-14H2,1-2H3,(H,25,29). The highest BCUT2D eigenvalue weighted by molar-refractivity contribution is 5.91. The number of carbonyl (C=O) groups is 2. The zero-order chi connectivity index (χ0) is 21.1. The number of carbonyl (C=O) groups excluding carboxylic acids is 2. The summed E-state index contributed by atoms with van der Waals surface area (Å²) in [5, 5.41) is 3.05. The topological polar surface area (TPSA) is 61.9 Å². The van der Waals surface area contributed by atoms with Gasteiger partial charge in [0.25, 0.3) is 0 Å². The molecule has 4 rings (SSSR count). The number of rotatable bonds is 4. The third-order valence-electron chi connectivity index (χ3n) is 6.04. The summed E-state index contributed by atoms with van der Waals surface area (Å²) < 4.78 is 5.13. The molecule has 1 N–H and O–H groups in total. The van der Waals surface area contributed by atoms with Gasteiger partial charge in [-0.1, -0.05) is 12.1 Å². The van der Waals surface area contributed by atoms with E-state index in [0.29, 0.717) is 12.2 Å². The Balaban J connectivity index is 1.50. The summed E-state index contributed by atoms with van der Waals surface area (Å²) in [5.41, 5.74) is 4.91. The SMILES string of the molecule is CCOC(=O)c1ccc2c(c1)CCC(c1cccc(NC(=O)N3CCCC3)c1)N2C. The molecular weight excluding hydrogens is 378 g/mol. The molecule has 0 radical (unpaired) electrons. The molecule has 1 unspecified atom stereocenters. The smallest absolute Gasteiger partial charge is 0.338 e. The first-order valence-electron chi connectivity index (χ1n) is 10.8. The van der Waals surface area contributed by atoms with E-state index in [1.165, 1.54) is 5.56 Å². The number of nitrogens with one attached hydrogen (secondary N) is 1. The first kappa shape index (κ1) is 20.3. The summed E-state index contributed by atoms with van der Waals surface area (Å²) in [6.45, 7) is 3.86. The molecule has 2 aromatic rings. The molecule has 6 heteroatoms. The van der Waals surface area contributed by atoms with Gasteiger partial charge in [-0.15, -0.1) is 0 Å². The first-order valence-corrected chi connectivity index (χ1v) is 10.8. The Morgan fingerprint density at radius 1 is 1.13 bits per heavy atom. The van der Waals surface area contributed by atoms with Gasteiger partial charge in [-0.2, -0.15) is 0 Å². The third kappa shape index (κ3) is 4.13. The lowest BCUT2D eigenvalue weighted by Crippen LogP contribution is -2.32. The van der Waals surface area contributed by atoms with Crippen LogP contribution in [0.15, 0.2) is 42.5 Å². The van der Waals surface area contributed by atoms with Crippen LogP contribution in [0.25, 0.3) is 0 Å². The van der Waals surface area contributed by atoms with Crippen LogP contribution in [-0.4, -0.2) is 43.6 Å². The number of nitrogens with zero attached hydrogens (tertiary/aromatic N) is 2. The van der Waals surface area contributed by atoms with Crippen molar-refractivity contribution in [2.75, 3.05) is 37.0 Å². The molecule has 1 fully saturated rings. The highest BCUT2D eigenvalue weighted by Gasteiger charge is 2.26. The summed E-state index contributed by atoms with van der Waals surface area (Å²) in [7, 11) is 2.09. The summed E-state index contributed by atoms with van der Waals surface area (Å²) in [5.74, 6) is -0.272. The lowest BCUT2D eigenvalue weighted by molar-refractivity contribution is 0.0526. The Labute approximate surface area is 177 Å². The van der Waals surface area contributed by atoms with Crippen LogP contribution >= 0.6 is 0 Å². The third-order valence-corrected chi connectivity index (χ3v) is 6.04. The van der Waals surface area contributed by atoms with Gasteiger partial charge in [0.1, 0.15) is 0 Å². The van der Waals surface area contributed by atoms with E-state index < -0.39 is 0 Å². The molecule has 2 heterocycles. The molecule has 0 aliphatic carbocycles. The van der Waals surface area contributed by atoms with Gasteiger partial charge in [0.05, 0.1) is 18.2 Å². The van der Waals surface area contributed by atoms with E-state index in [2.05, 4.69) is 29.4 Å². The van der Waals surface area contributed by atoms with E-state index in [0.717, 1.165) is 55.7 Å². The van der Waals surface area contributed by atoms with Gasteiger partial charge in [-0.05, 0) is 74.1 Å². The molecule has 2 aromatic carbocycles. The number of urea groups is 1. The summed E-state index contributed by atoms with van der Waals surface area (Å²) in [4.78, 5) is 28.6. The minimum Gasteiger partial charge on any atom is -0.462 e. The quantitative estimate of drug-likeness (QED) is 0.752. The van der Waals surface area contributed by atoms with Crippen LogP contribution in [0, 0.1) is 0 Å². The van der Waals surface area contributed by atoms with Crippen molar-refractivity contribution in [2.45, 2.75) is 38.6 Å². The summed E-state index contributed by atoms with van der Waals surface area (Å²) in [6.07, 6.45) is 4.00. The van der Waals surface area contributed by atoms with Gasteiger partial charge < -0.3 is 19.9 Å². The van der Waals surface area contributed by atoms with Crippen molar-refractivity contribution in [2.24, 2.45) is 0 Å². The van der Waals surface area contributed by atoms with E-state index in [9.17, 15) is 9.59 Å². The monoisotopic (exact) mass is 407 g/mol. The second kappa shape index (κ2) is 8.78. The largest absolute Gasteiger partial charge is 0.462 e. The van der Waals surface area contributed by atoms with Crippen molar-refractivity contribution in [3.8, 4) is 0 Å². The predicted molar refractivity (Wildman–Crippen MR) is 118 cm³/mol. The van der Waals surface area contributed by atoms with Crippen molar-refractivity contribution in [1.29, 1.82) is 0 Å². The normalized spacial score (nSPS) is 18.1. The minimum absolute atomic E-state index is 0.0153. The molecule has 0 spiro atoms. The zero-order valence-electron chi connectivity index (χ0n) is 17.7. The Morgan fingerprint density at radius 2 is 1.93 bits per heavy atom. The van der Waals surface area contributed by atoms with Crippen molar-refractivity contribution >= 4 is 23.4 Å². The van der Waals surface area contributed by atoms with Crippen LogP contribution in [-0.2, 0) is 11.2 Å². The van der Waals surface area contributed by atoms with Gasteiger partial charge in [0.2, 0.25) is 0 Å². The second-order valence-corrected chi connectivity index (χ2v) is 7.98. The van der Waals surface area contributed by atoms with Crippen LogP contribution in [0.1, 0.15) is 53.7 Å². The number of likely N-dealkylation sites (tertiary alicyclic amines) is 1. The maximum absolute atomic E-state index is 12.4. The Bertz CT molecular complexity index is 937. The highest BCUT2D eigenvalue weighted by atomic mass is 16.5. The van der Waals surface area contributed by atoms with Crippen molar-refractivity contribution in [1.82, 2.24) is 4.90 Å². The molecule has 1 saturated heterocycles. The molecule has 0 bridgehead atoms. The van der Waals surface area contributed by atoms with Crippen LogP contribution in [0.2, 0.25) is 0 Å². The number of benzene rings is 2. The number of hydrogen-bond acceptors (Lipinski definition) is 4. The zero-order valence-corrected chi connectivity index (χ0v) is 17.7. The van der Waals surface area contributed by atoms with Gasteiger partial charge >= 0.3 is 12.0 Å². The van der Waals surface area contributed by atoms with Crippen molar-refractivity contribution in [3.63, 3.8) is 0 Å². The maximum Gasteiger partial charge on any atom is 0.338 e. The summed E-state index contributed by atoms with van der Waals surface area (Å²) in [6, 6.07) is 14.1. The fourth-order valence-corrected chi connectivity index (χ4v) is 4.46. The van der Waals surface area contributed by atoms with Crippen LogP contribution in [0.5, 0.6) is 0 Å².